The quantitative estimate of drug-likeness (QED) is 0.223. The predicted octanol–water partition coefficient (Wildman–Crippen LogP) is 11.3. The van der Waals surface area contributed by atoms with Crippen LogP contribution in [0.5, 0.6) is 0 Å². The Balaban J connectivity index is 1.75. The van der Waals surface area contributed by atoms with Crippen molar-refractivity contribution in [3.8, 4) is 22.3 Å². The van der Waals surface area contributed by atoms with Crippen LogP contribution in [0.15, 0.2) is 106 Å². The van der Waals surface area contributed by atoms with E-state index in [4.69, 9.17) is 8.83 Å². The fourth-order valence-electron chi connectivity index (χ4n) is 6.08. The molecule has 5 aromatic carbocycles. The van der Waals surface area contributed by atoms with Gasteiger partial charge in [0, 0.05) is 27.1 Å². The van der Waals surface area contributed by atoms with Crippen LogP contribution < -0.4 is 0 Å². The molecule has 0 radical (unpaired) electrons. The molecule has 192 valence electrons. The minimum atomic E-state index is 0.475. The van der Waals surface area contributed by atoms with Gasteiger partial charge in [0.05, 0.1) is 5.56 Å². The molecule has 7 rings (SSSR count). The minimum absolute atomic E-state index is 0.475. The number of furan rings is 2. The number of benzene rings is 5. The lowest BCUT2D eigenvalue weighted by Crippen LogP contribution is -1.90. The highest BCUT2D eigenvalue weighted by molar-refractivity contribution is 6.30. The predicted molar refractivity (Wildman–Crippen MR) is 165 cm³/mol. The molecule has 1 atom stereocenters. The Hall–Kier alpha value is -4.30. The number of aryl methyl sites for hydroxylation is 1. The van der Waals surface area contributed by atoms with Gasteiger partial charge in [-0.1, -0.05) is 100.0 Å². The summed E-state index contributed by atoms with van der Waals surface area (Å²) in [6.45, 7) is 6.78. The van der Waals surface area contributed by atoms with Gasteiger partial charge in [-0.15, -0.1) is 0 Å². The summed E-state index contributed by atoms with van der Waals surface area (Å²) in [6.07, 6.45) is 3.25. The van der Waals surface area contributed by atoms with Gasteiger partial charge in [0.1, 0.15) is 22.3 Å². The topological polar surface area (TPSA) is 26.3 Å². The second-order valence-corrected chi connectivity index (χ2v) is 10.7. The van der Waals surface area contributed by atoms with Crippen LogP contribution in [-0.2, 0) is 6.42 Å². The molecule has 0 saturated carbocycles. The monoisotopic (exact) mass is 508 g/mol. The first-order valence-electron chi connectivity index (χ1n) is 14.2. The van der Waals surface area contributed by atoms with Crippen molar-refractivity contribution in [1.82, 2.24) is 0 Å². The van der Waals surface area contributed by atoms with Crippen LogP contribution in [0.2, 0.25) is 0 Å². The molecule has 0 aliphatic rings. The highest BCUT2D eigenvalue weighted by Crippen LogP contribution is 2.50. The van der Waals surface area contributed by atoms with Gasteiger partial charge >= 0.3 is 0 Å². The maximum absolute atomic E-state index is 6.77. The molecule has 1 unspecified atom stereocenters. The van der Waals surface area contributed by atoms with Crippen molar-refractivity contribution in [3.05, 3.63) is 108 Å². The Labute approximate surface area is 228 Å². The number of hydrogen-bond donors (Lipinski definition) is 0. The minimum Gasteiger partial charge on any atom is -0.455 e. The second-order valence-electron chi connectivity index (χ2n) is 10.7. The van der Waals surface area contributed by atoms with Crippen molar-refractivity contribution < 1.29 is 8.83 Å². The summed E-state index contributed by atoms with van der Waals surface area (Å²) in [7, 11) is 0. The van der Waals surface area contributed by atoms with Crippen molar-refractivity contribution in [1.29, 1.82) is 0 Å². The van der Waals surface area contributed by atoms with Gasteiger partial charge in [-0.25, -0.2) is 0 Å². The summed E-state index contributed by atoms with van der Waals surface area (Å²) < 4.78 is 13.5. The molecular formula is C37H32O2. The van der Waals surface area contributed by atoms with E-state index in [0.29, 0.717) is 5.92 Å². The Bertz CT molecular complexity index is 1960. The Morgan fingerprint density at radius 3 is 1.77 bits per heavy atom. The van der Waals surface area contributed by atoms with Crippen LogP contribution in [0.1, 0.15) is 50.7 Å². The molecule has 0 N–H and O–H groups in total. The molecule has 2 heteroatoms. The zero-order valence-electron chi connectivity index (χ0n) is 22.8. The highest BCUT2D eigenvalue weighted by Gasteiger charge is 2.26. The fraction of sp³-hybridized carbons (Fsp3) is 0.189. The molecule has 0 spiro atoms. The molecule has 2 nitrogen and oxygen atoms in total. The normalized spacial score (nSPS) is 12.7. The van der Waals surface area contributed by atoms with Crippen LogP contribution in [0, 0.1) is 0 Å². The Kier molecular flexibility index (Phi) is 5.77. The lowest BCUT2D eigenvalue weighted by molar-refractivity contribution is 0.657. The van der Waals surface area contributed by atoms with Crippen LogP contribution in [0.4, 0.5) is 0 Å². The molecular weight excluding hydrogens is 476 g/mol. The van der Waals surface area contributed by atoms with Crippen molar-refractivity contribution >= 4 is 43.9 Å². The molecule has 0 aliphatic heterocycles. The molecule has 0 bridgehead atoms. The fourth-order valence-corrected chi connectivity index (χ4v) is 6.08. The summed E-state index contributed by atoms with van der Waals surface area (Å²) in [4.78, 5) is 0. The van der Waals surface area contributed by atoms with E-state index in [2.05, 4.69) is 118 Å². The zero-order valence-corrected chi connectivity index (χ0v) is 22.8. The van der Waals surface area contributed by atoms with Crippen molar-refractivity contribution in [2.45, 2.75) is 46.0 Å². The SMILES string of the molecule is CCCc1ccc2oc3c(-c4ccccc4)c4oc5ccc(C(C)CC)cc5c4c(-c4ccccc4)c3c2c1. The second kappa shape index (κ2) is 9.47. The van der Waals surface area contributed by atoms with Crippen LogP contribution >= 0.6 is 0 Å². The molecule has 0 fully saturated rings. The van der Waals surface area contributed by atoms with Gasteiger partial charge < -0.3 is 8.83 Å². The van der Waals surface area contributed by atoms with Crippen LogP contribution in [0.3, 0.4) is 0 Å². The molecule has 7 aromatic rings. The average molecular weight is 509 g/mol. The maximum Gasteiger partial charge on any atom is 0.147 e. The van der Waals surface area contributed by atoms with Gasteiger partial charge in [0.2, 0.25) is 0 Å². The molecule has 2 heterocycles. The Morgan fingerprint density at radius 2 is 1.18 bits per heavy atom. The molecule has 0 aliphatic carbocycles. The lowest BCUT2D eigenvalue weighted by Gasteiger charge is -2.12. The summed E-state index contributed by atoms with van der Waals surface area (Å²) >= 11 is 0. The summed E-state index contributed by atoms with van der Waals surface area (Å²) in [5.41, 5.74) is 10.8. The third-order valence-corrected chi connectivity index (χ3v) is 8.26. The van der Waals surface area contributed by atoms with E-state index < -0.39 is 0 Å². The first-order chi connectivity index (χ1) is 19.2. The van der Waals surface area contributed by atoms with E-state index in [9.17, 15) is 0 Å². The molecule has 39 heavy (non-hydrogen) atoms. The van der Waals surface area contributed by atoms with Gasteiger partial charge in [-0.05, 0) is 65.3 Å². The largest absolute Gasteiger partial charge is 0.455 e. The average Bonchev–Trinajstić information content (AvgIpc) is 3.54. The van der Waals surface area contributed by atoms with E-state index >= 15 is 0 Å². The zero-order chi connectivity index (χ0) is 26.5. The Morgan fingerprint density at radius 1 is 0.615 bits per heavy atom. The first kappa shape index (κ1) is 23.8. The van der Waals surface area contributed by atoms with Crippen molar-refractivity contribution in [2.24, 2.45) is 0 Å². The molecule has 0 amide bonds. The van der Waals surface area contributed by atoms with Crippen LogP contribution in [-0.4, -0.2) is 0 Å². The standard InChI is InChI=1S/C37H32O2/c1-4-12-24-17-19-30-28(21-24)34-32(25-13-8-6-9-14-25)35-29-22-27(23(3)5-2)18-20-31(29)39-37(35)33(36(34)38-30)26-15-10-7-11-16-26/h6-11,13-23H,4-5,12H2,1-3H3. The third-order valence-electron chi connectivity index (χ3n) is 8.26. The summed E-state index contributed by atoms with van der Waals surface area (Å²) in [5.74, 6) is 0.475. The highest BCUT2D eigenvalue weighted by atomic mass is 16.3. The van der Waals surface area contributed by atoms with Crippen molar-refractivity contribution in [3.63, 3.8) is 0 Å². The van der Waals surface area contributed by atoms with Crippen LogP contribution in [0.25, 0.3) is 66.1 Å². The number of hydrogen-bond acceptors (Lipinski definition) is 2. The summed E-state index contributed by atoms with van der Waals surface area (Å²) in [6, 6.07) is 34.7. The summed E-state index contributed by atoms with van der Waals surface area (Å²) in [5, 5.41) is 4.66. The van der Waals surface area contributed by atoms with Gasteiger partial charge in [-0.2, -0.15) is 0 Å². The lowest BCUT2D eigenvalue weighted by atomic mass is 9.89. The third kappa shape index (κ3) is 3.78. The molecule has 0 saturated heterocycles. The number of rotatable bonds is 6. The van der Waals surface area contributed by atoms with Crippen molar-refractivity contribution in [2.75, 3.05) is 0 Å². The van der Waals surface area contributed by atoms with E-state index in [1.54, 1.807) is 0 Å². The molecule has 2 aromatic heterocycles. The number of fused-ring (bicyclic) bond motifs is 6. The van der Waals surface area contributed by atoms with E-state index in [1.165, 1.54) is 33.0 Å². The van der Waals surface area contributed by atoms with E-state index in [1.807, 2.05) is 0 Å². The smallest absolute Gasteiger partial charge is 0.147 e. The van der Waals surface area contributed by atoms with Gasteiger partial charge in [0.15, 0.2) is 0 Å². The van der Waals surface area contributed by atoms with Gasteiger partial charge in [-0.3, -0.25) is 0 Å². The maximum atomic E-state index is 6.77. The van der Waals surface area contributed by atoms with E-state index in [-0.39, 0.29) is 0 Å². The first-order valence-corrected chi connectivity index (χ1v) is 14.2. The van der Waals surface area contributed by atoms with Gasteiger partial charge in [0.25, 0.3) is 0 Å². The van der Waals surface area contributed by atoms with E-state index in [0.717, 1.165) is 63.5 Å².